The van der Waals surface area contributed by atoms with Crippen molar-refractivity contribution >= 4 is 22.8 Å². The van der Waals surface area contributed by atoms with Crippen molar-refractivity contribution in [2.75, 3.05) is 0 Å². The van der Waals surface area contributed by atoms with Crippen LogP contribution in [0.5, 0.6) is 0 Å². The lowest BCUT2D eigenvalue weighted by Crippen LogP contribution is -2.32. The number of benzene rings is 3. The molecule has 226 valence electrons. The van der Waals surface area contributed by atoms with Gasteiger partial charge in [-0.25, -0.2) is 10.5 Å². The number of nitrogens with one attached hydrogen (secondary N) is 2. The lowest BCUT2D eigenvalue weighted by molar-refractivity contribution is -0.252. The zero-order valence-electron chi connectivity index (χ0n) is 24.0. The Morgan fingerprint density at radius 3 is 2.30 bits per heavy atom. The van der Waals surface area contributed by atoms with Gasteiger partial charge in [0.05, 0.1) is 42.7 Å². The van der Waals surface area contributed by atoms with Gasteiger partial charge in [-0.2, -0.15) is 0 Å². The summed E-state index contributed by atoms with van der Waals surface area (Å²) in [5.74, 6) is -0.453. The summed E-state index contributed by atoms with van der Waals surface area (Å²) >= 11 is 0. The minimum Gasteiger partial charge on any atom is -0.392 e. The third kappa shape index (κ3) is 8.26. The summed E-state index contributed by atoms with van der Waals surface area (Å²) < 4.78 is 15.1. The number of hydroxylamine groups is 1. The molecule has 1 fully saturated rings. The Labute approximate surface area is 250 Å². The molecule has 43 heavy (non-hydrogen) atoms. The summed E-state index contributed by atoms with van der Waals surface area (Å²) in [6.45, 7) is 1.03. The van der Waals surface area contributed by atoms with Crippen LogP contribution in [0.15, 0.2) is 79.1 Å². The van der Waals surface area contributed by atoms with Gasteiger partial charge in [-0.05, 0) is 41.7 Å². The van der Waals surface area contributed by atoms with Crippen LogP contribution in [-0.4, -0.2) is 37.8 Å². The number of para-hydroxylation sites is 2. The van der Waals surface area contributed by atoms with Gasteiger partial charge in [0.15, 0.2) is 6.29 Å². The molecule has 2 heterocycles. The first-order chi connectivity index (χ1) is 21.0. The molecule has 1 saturated heterocycles. The lowest BCUT2D eigenvalue weighted by atomic mass is 9.99. The third-order valence-corrected chi connectivity index (χ3v) is 7.72. The maximum atomic E-state index is 12.3. The third-order valence-electron chi connectivity index (χ3n) is 7.72. The molecule has 1 aliphatic rings. The highest BCUT2D eigenvalue weighted by atomic mass is 16.7. The lowest BCUT2D eigenvalue weighted by Gasteiger charge is -2.36. The Morgan fingerprint density at radius 1 is 0.860 bits per heavy atom. The highest BCUT2D eigenvalue weighted by molar-refractivity contribution is 5.76. The number of rotatable bonds is 13. The van der Waals surface area contributed by atoms with E-state index in [4.69, 9.17) is 14.7 Å². The molecule has 0 radical (unpaired) electrons. The molecule has 0 aliphatic carbocycles. The minimum absolute atomic E-state index is 0.00776. The summed E-state index contributed by atoms with van der Waals surface area (Å²) in [4.78, 5) is 27.8. The van der Waals surface area contributed by atoms with Crippen molar-refractivity contribution in [1.29, 1.82) is 0 Å². The van der Waals surface area contributed by atoms with Crippen molar-refractivity contribution in [2.45, 2.75) is 76.7 Å². The second-order valence-electron chi connectivity index (χ2n) is 10.8. The molecule has 2 amide bonds. The number of carbonyl (C=O) groups is 2. The molecule has 0 saturated carbocycles. The average Bonchev–Trinajstić information content (AvgIpc) is 3.46. The average molecular weight is 587 g/mol. The molecule has 3 atom stereocenters. The fourth-order valence-corrected chi connectivity index (χ4v) is 5.29. The summed E-state index contributed by atoms with van der Waals surface area (Å²) in [6.07, 6.45) is 4.30. The normalized spacial score (nSPS) is 18.4. The van der Waals surface area contributed by atoms with Crippen molar-refractivity contribution in [3.63, 3.8) is 0 Å². The van der Waals surface area contributed by atoms with E-state index in [1.807, 2.05) is 73.1 Å². The largest absolute Gasteiger partial charge is 0.392 e. The van der Waals surface area contributed by atoms with E-state index in [0.29, 0.717) is 38.8 Å². The number of aliphatic hydroxyl groups is 1. The number of carbonyl (C=O) groups excluding carboxylic acids is 2. The molecule has 4 N–H and O–H groups in total. The smallest absolute Gasteiger partial charge is 0.243 e. The van der Waals surface area contributed by atoms with Gasteiger partial charge in [0.2, 0.25) is 11.8 Å². The predicted molar refractivity (Wildman–Crippen MR) is 159 cm³/mol. The van der Waals surface area contributed by atoms with Crippen molar-refractivity contribution in [2.24, 2.45) is 0 Å². The maximum Gasteiger partial charge on any atom is 0.243 e. The monoisotopic (exact) mass is 586 g/mol. The number of aliphatic hydroxyl groups excluding tert-OH is 1. The molecular formula is C33H38N4O6. The second-order valence-corrected chi connectivity index (χ2v) is 10.8. The van der Waals surface area contributed by atoms with E-state index in [2.05, 4.69) is 20.9 Å². The van der Waals surface area contributed by atoms with E-state index in [1.165, 1.54) is 0 Å². The minimum atomic E-state index is -0.576. The molecule has 10 nitrogen and oxygen atoms in total. The first kappa shape index (κ1) is 30.4. The molecule has 1 aliphatic heterocycles. The van der Waals surface area contributed by atoms with E-state index in [1.54, 1.807) is 5.48 Å². The van der Waals surface area contributed by atoms with Crippen molar-refractivity contribution < 1.29 is 29.4 Å². The number of hydrogen-bond acceptors (Lipinski definition) is 7. The Kier molecular flexibility index (Phi) is 10.5. The standard InChI is InChI=1S/C33H38N4O6/c38-21-24-12-14-25(15-13-24)30-18-27(20-37-22-35-28-6-4-5-7-29(28)37)42-33(43-30)26-16-10-23(11-17-26)19-34-31(39)8-2-1-3-9-32(40)36-41/h4-7,10-17,22,27,30,33,38,41H,1-3,8-9,18-21H2,(H,34,39)(H,36,40). The van der Waals surface area contributed by atoms with Gasteiger partial charge in [-0.15, -0.1) is 0 Å². The van der Waals surface area contributed by atoms with Gasteiger partial charge in [0.1, 0.15) is 0 Å². The predicted octanol–water partition coefficient (Wildman–Crippen LogP) is 4.85. The Balaban J connectivity index is 1.21. The van der Waals surface area contributed by atoms with E-state index < -0.39 is 12.2 Å². The fraction of sp³-hybridized carbons (Fsp3) is 0.364. The van der Waals surface area contributed by atoms with E-state index in [9.17, 15) is 14.7 Å². The highest BCUT2D eigenvalue weighted by Crippen LogP contribution is 2.38. The Bertz CT molecular complexity index is 1490. The van der Waals surface area contributed by atoms with Crippen LogP contribution in [0.3, 0.4) is 0 Å². The quantitative estimate of drug-likeness (QED) is 0.1000. The Hall–Kier alpha value is -4.09. The second kappa shape index (κ2) is 14.9. The molecule has 1 aromatic heterocycles. The maximum absolute atomic E-state index is 12.3. The van der Waals surface area contributed by atoms with Gasteiger partial charge in [0.25, 0.3) is 0 Å². The van der Waals surface area contributed by atoms with E-state index in [0.717, 1.165) is 39.7 Å². The van der Waals surface area contributed by atoms with Crippen LogP contribution in [0, 0.1) is 0 Å². The van der Waals surface area contributed by atoms with E-state index in [-0.39, 0.29) is 31.1 Å². The van der Waals surface area contributed by atoms with Crippen LogP contribution in [0.25, 0.3) is 11.0 Å². The molecule has 0 spiro atoms. The number of hydrogen-bond donors (Lipinski definition) is 4. The first-order valence-electron chi connectivity index (χ1n) is 14.7. The van der Waals surface area contributed by atoms with Crippen molar-refractivity contribution in [3.8, 4) is 0 Å². The number of fused-ring (bicyclic) bond motifs is 1. The number of aromatic nitrogens is 2. The van der Waals surface area contributed by atoms with Crippen LogP contribution in [0.2, 0.25) is 0 Å². The van der Waals surface area contributed by atoms with Crippen LogP contribution in [-0.2, 0) is 38.8 Å². The first-order valence-corrected chi connectivity index (χ1v) is 14.7. The fourth-order valence-electron chi connectivity index (χ4n) is 5.29. The number of nitrogens with zero attached hydrogens (tertiary/aromatic N) is 2. The number of unbranched alkanes of at least 4 members (excludes halogenated alkanes) is 2. The van der Waals surface area contributed by atoms with Crippen LogP contribution in [0.4, 0.5) is 0 Å². The molecule has 0 bridgehead atoms. The van der Waals surface area contributed by atoms with E-state index >= 15 is 0 Å². The molecule has 5 rings (SSSR count). The molecule has 3 unspecified atom stereocenters. The zero-order chi connectivity index (χ0) is 30.0. The summed E-state index contributed by atoms with van der Waals surface area (Å²) in [7, 11) is 0. The van der Waals surface area contributed by atoms with Gasteiger partial charge in [0, 0.05) is 31.4 Å². The molecule has 4 aromatic rings. The van der Waals surface area contributed by atoms with Gasteiger partial charge in [-0.1, -0.05) is 67.1 Å². The van der Waals surface area contributed by atoms with Gasteiger partial charge < -0.3 is 24.5 Å². The van der Waals surface area contributed by atoms with Crippen molar-refractivity contribution in [3.05, 3.63) is 101 Å². The molecule has 10 heteroatoms. The van der Waals surface area contributed by atoms with Crippen LogP contribution in [0.1, 0.15) is 73.2 Å². The number of amides is 2. The summed E-state index contributed by atoms with van der Waals surface area (Å²) in [5.41, 5.74) is 7.34. The van der Waals surface area contributed by atoms with Gasteiger partial charge >= 0.3 is 0 Å². The van der Waals surface area contributed by atoms with Gasteiger partial charge in [-0.3, -0.25) is 14.8 Å². The topological polar surface area (TPSA) is 135 Å². The van der Waals surface area contributed by atoms with Crippen LogP contribution >= 0.6 is 0 Å². The van der Waals surface area contributed by atoms with Crippen molar-refractivity contribution in [1.82, 2.24) is 20.3 Å². The SMILES string of the molecule is O=C(CCCCCC(=O)NCc1ccc(C2OC(Cn3cnc4ccccc43)CC(c3ccc(CO)cc3)O2)cc1)NO. The highest BCUT2D eigenvalue weighted by Gasteiger charge is 2.32. The number of ether oxygens (including phenoxy) is 2. The number of imidazole rings is 1. The van der Waals surface area contributed by atoms with Crippen LogP contribution < -0.4 is 10.8 Å². The molecule has 3 aromatic carbocycles. The Morgan fingerprint density at radius 2 is 1.56 bits per heavy atom. The zero-order valence-corrected chi connectivity index (χ0v) is 24.0. The summed E-state index contributed by atoms with van der Waals surface area (Å²) in [6, 6.07) is 23.7. The summed E-state index contributed by atoms with van der Waals surface area (Å²) in [5, 5.41) is 20.9. The molecular weight excluding hydrogens is 548 g/mol.